The van der Waals surface area contributed by atoms with Gasteiger partial charge in [0, 0.05) is 5.56 Å². The van der Waals surface area contributed by atoms with E-state index >= 15 is 0 Å². The lowest BCUT2D eigenvalue weighted by Gasteiger charge is -2.05. The molecule has 2 heterocycles. The summed E-state index contributed by atoms with van der Waals surface area (Å²) in [6.07, 6.45) is 1.52. The van der Waals surface area contributed by atoms with Crippen molar-refractivity contribution in [3.05, 3.63) is 60.5 Å². The zero-order valence-corrected chi connectivity index (χ0v) is 12.0. The second-order valence-electron chi connectivity index (χ2n) is 5.10. The molecular weight excluding hydrogens is 293 g/mol. The van der Waals surface area contributed by atoms with E-state index in [1.165, 1.54) is 18.3 Å². The molecular formula is C17H12FN5. The number of para-hydroxylation sites is 2. The summed E-state index contributed by atoms with van der Waals surface area (Å²) >= 11 is 0. The topological polar surface area (TPSA) is 80.5 Å². The molecule has 0 amide bonds. The first-order valence-corrected chi connectivity index (χ1v) is 7.04. The molecule has 0 unspecified atom stereocenters. The molecule has 112 valence electrons. The van der Waals surface area contributed by atoms with Gasteiger partial charge in [-0.25, -0.2) is 19.3 Å². The number of nitrogens with zero attached hydrogens (tertiary/aromatic N) is 3. The molecule has 5 nitrogen and oxygen atoms in total. The van der Waals surface area contributed by atoms with Crippen LogP contribution in [0, 0.1) is 5.82 Å². The lowest BCUT2D eigenvalue weighted by molar-refractivity contribution is 0.628. The van der Waals surface area contributed by atoms with Crippen LogP contribution in [0.2, 0.25) is 0 Å². The van der Waals surface area contributed by atoms with E-state index in [2.05, 4.69) is 19.9 Å². The summed E-state index contributed by atoms with van der Waals surface area (Å²) in [6, 6.07) is 13.8. The minimum Gasteiger partial charge on any atom is -0.382 e. The van der Waals surface area contributed by atoms with Gasteiger partial charge in [0.2, 0.25) is 0 Å². The summed E-state index contributed by atoms with van der Waals surface area (Å²) in [7, 11) is 0. The van der Waals surface area contributed by atoms with Crippen molar-refractivity contribution in [2.45, 2.75) is 0 Å². The normalized spacial score (nSPS) is 11.0. The van der Waals surface area contributed by atoms with Crippen molar-refractivity contribution in [1.82, 2.24) is 19.9 Å². The first-order chi connectivity index (χ1) is 11.2. The highest BCUT2D eigenvalue weighted by Gasteiger charge is 2.13. The predicted molar refractivity (Wildman–Crippen MR) is 86.9 cm³/mol. The maximum absolute atomic E-state index is 13.4. The van der Waals surface area contributed by atoms with Crippen molar-refractivity contribution in [2.24, 2.45) is 0 Å². The number of aromatic nitrogens is 4. The molecule has 0 radical (unpaired) electrons. The second-order valence-corrected chi connectivity index (χ2v) is 5.10. The third-order valence-corrected chi connectivity index (χ3v) is 3.53. The molecule has 0 fully saturated rings. The van der Waals surface area contributed by atoms with Crippen LogP contribution in [0.4, 0.5) is 10.2 Å². The summed E-state index contributed by atoms with van der Waals surface area (Å²) in [5, 5.41) is 0. The standard InChI is InChI=1S/C17H12FN5/c18-11-5-3-4-10(8-11)14-9-20-16(19)15(21-14)17-22-12-6-1-2-7-13(12)23-17/h1-9H,(H2,19,20)(H,22,23). The molecule has 0 saturated carbocycles. The Kier molecular flexibility index (Phi) is 3.01. The van der Waals surface area contributed by atoms with E-state index in [1.54, 1.807) is 12.1 Å². The molecule has 2 aromatic heterocycles. The lowest BCUT2D eigenvalue weighted by Crippen LogP contribution is -2.00. The highest BCUT2D eigenvalue weighted by molar-refractivity contribution is 5.80. The van der Waals surface area contributed by atoms with Crippen LogP contribution in [-0.4, -0.2) is 19.9 Å². The molecule has 0 aliphatic heterocycles. The smallest absolute Gasteiger partial charge is 0.161 e. The van der Waals surface area contributed by atoms with Crippen molar-refractivity contribution in [2.75, 3.05) is 5.73 Å². The molecule has 0 aliphatic rings. The van der Waals surface area contributed by atoms with Gasteiger partial charge in [-0.1, -0.05) is 24.3 Å². The molecule has 4 rings (SSSR count). The molecule has 0 spiro atoms. The van der Waals surface area contributed by atoms with Gasteiger partial charge in [-0.15, -0.1) is 0 Å². The molecule has 23 heavy (non-hydrogen) atoms. The van der Waals surface area contributed by atoms with E-state index in [0.717, 1.165) is 11.0 Å². The number of nitrogens with one attached hydrogen (secondary N) is 1. The van der Waals surface area contributed by atoms with Crippen LogP contribution in [0.15, 0.2) is 54.7 Å². The molecule has 0 atom stereocenters. The van der Waals surface area contributed by atoms with Crippen LogP contribution in [0.25, 0.3) is 33.8 Å². The Bertz CT molecular complexity index is 976. The SMILES string of the molecule is Nc1ncc(-c2cccc(F)c2)nc1-c1nc2ccccc2[nH]1. The Morgan fingerprint density at radius 1 is 1.00 bits per heavy atom. The highest BCUT2D eigenvalue weighted by atomic mass is 19.1. The fraction of sp³-hybridized carbons (Fsp3) is 0. The van der Waals surface area contributed by atoms with Crippen molar-refractivity contribution >= 4 is 16.9 Å². The van der Waals surface area contributed by atoms with Crippen molar-refractivity contribution in [3.8, 4) is 22.8 Å². The molecule has 4 aromatic rings. The minimum atomic E-state index is -0.327. The van der Waals surface area contributed by atoms with Gasteiger partial charge in [-0.05, 0) is 24.3 Å². The zero-order valence-electron chi connectivity index (χ0n) is 12.0. The third kappa shape index (κ3) is 2.40. The number of rotatable bonds is 2. The Labute approximate surface area is 131 Å². The third-order valence-electron chi connectivity index (χ3n) is 3.53. The number of H-pyrrole nitrogens is 1. The zero-order chi connectivity index (χ0) is 15.8. The molecule has 3 N–H and O–H groups in total. The van der Waals surface area contributed by atoms with Gasteiger partial charge in [0.05, 0.1) is 22.9 Å². The Hall–Kier alpha value is -3.28. The average molecular weight is 305 g/mol. The fourth-order valence-corrected chi connectivity index (χ4v) is 2.42. The van der Waals surface area contributed by atoms with E-state index in [9.17, 15) is 4.39 Å². The van der Waals surface area contributed by atoms with Crippen molar-refractivity contribution in [3.63, 3.8) is 0 Å². The number of nitrogen functional groups attached to an aromatic ring is 1. The number of aromatic amines is 1. The van der Waals surface area contributed by atoms with Gasteiger partial charge in [0.15, 0.2) is 11.6 Å². The molecule has 0 saturated heterocycles. The van der Waals surface area contributed by atoms with Crippen molar-refractivity contribution in [1.29, 1.82) is 0 Å². The predicted octanol–water partition coefficient (Wildman–Crippen LogP) is 3.41. The molecule has 2 aromatic carbocycles. The van der Waals surface area contributed by atoms with E-state index in [0.29, 0.717) is 22.8 Å². The molecule has 0 bridgehead atoms. The first-order valence-electron chi connectivity index (χ1n) is 7.04. The summed E-state index contributed by atoms with van der Waals surface area (Å²) in [5.74, 6) is 0.477. The van der Waals surface area contributed by atoms with Gasteiger partial charge in [0.1, 0.15) is 11.5 Å². The summed E-state index contributed by atoms with van der Waals surface area (Å²) < 4.78 is 13.4. The number of imidazole rings is 1. The van der Waals surface area contributed by atoms with Crippen LogP contribution in [0.3, 0.4) is 0 Å². The fourth-order valence-electron chi connectivity index (χ4n) is 2.42. The maximum atomic E-state index is 13.4. The van der Waals surface area contributed by atoms with Crippen LogP contribution >= 0.6 is 0 Å². The quantitative estimate of drug-likeness (QED) is 0.594. The van der Waals surface area contributed by atoms with E-state index in [-0.39, 0.29) is 11.6 Å². The summed E-state index contributed by atoms with van der Waals surface area (Å²) in [5.41, 5.74) is 9.27. The van der Waals surface area contributed by atoms with Crippen LogP contribution in [0.1, 0.15) is 0 Å². The number of nitrogens with two attached hydrogens (primary N) is 1. The number of hydrogen-bond acceptors (Lipinski definition) is 4. The van der Waals surface area contributed by atoms with Crippen LogP contribution < -0.4 is 5.73 Å². The van der Waals surface area contributed by atoms with Crippen LogP contribution in [0.5, 0.6) is 0 Å². The van der Waals surface area contributed by atoms with Crippen molar-refractivity contribution < 1.29 is 4.39 Å². The number of benzene rings is 2. The van der Waals surface area contributed by atoms with Gasteiger partial charge < -0.3 is 10.7 Å². The average Bonchev–Trinajstić information content (AvgIpc) is 2.99. The minimum absolute atomic E-state index is 0.268. The van der Waals surface area contributed by atoms with Gasteiger partial charge in [-0.2, -0.15) is 0 Å². The largest absolute Gasteiger partial charge is 0.382 e. The van der Waals surface area contributed by atoms with E-state index < -0.39 is 0 Å². The van der Waals surface area contributed by atoms with Gasteiger partial charge >= 0.3 is 0 Å². The van der Waals surface area contributed by atoms with Gasteiger partial charge in [-0.3, -0.25) is 0 Å². The number of anilines is 1. The maximum Gasteiger partial charge on any atom is 0.161 e. The molecule has 6 heteroatoms. The summed E-state index contributed by atoms with van der Waals surface area (Å²) in [6.45, 7) is 0. The summed E-state index contributed by atoms with van der Waals surface area (Å²) in [4.78, 5) is 16.3. The first kappa shape index (κ1) is 13.4. The van der Waals surface area contributed by atoms with Gasteiger partial charge in [0.25, 0.3) is 0 Å². The Morgan fingerprint density at radius 3 is 2.70 bits per heavy atom. The van der Waals surface area contributed by atoms with E-state index in [1.807, 2.05) is 24.3 Å². The number of halogens is 1. The highest BCUT2D eigenvalue weighted by Crippen LogP contribution is 2.26. The molecule has 0 aliphatic carbocycles. The van der Waals surface area contributed by atoms with Crippen LogP contribution in [-0.2, 0) is 0 Å². The second kappa shape index (κ2) is 5.17. The lowest BCUT2D eigenvalue weighted by atomic mass is 10.1. The monoisotopic (exact) mass is 305 g/mol. The number of hydrogen-bond donors (Lipinski definition) is 2. The van der Waals surface area contributed by atoms with E-state index in [4.69, 9.17) is 5.73 Å². The Morgan fingerprint density at radius 2 is 1.87 bits per heavy atom. The number of fused-ring (bicyclic) bond motifs is 1. The Balaban J connectivity index is 1.86.